The molecule has 1 unspecified atom stereocenters. The van der Waals surface area contributed by atoms with Gasteiger partial charge in [0.1, 0.15) is 12.4 Å². The average molecular weight is 295 g/mol. The number of nitrogens with zero attached hydrogens (tertiary/aromatic N) is 3. The second-order valence-electron chi connectivity index (χ2n) is 5.10. The van der Waals surface area contributed by atoms with Crippen molar-refractivity contribution in [2.75, 3.05) is 13.1 Å². The molecular formula is C17H17N3O2. The molecule has 0 radical (unpaired) electrons. The van der Waals surface area contributed by atoms with Crippen molar-refractivity contribution in [3.8, 4) is 5.88 Å². The Morgan fingerprint density at radius 1 is 1.27 bits per heavy atom. The highest BCUT2D eigenvalue weighted by Crippen LogP contribution is 2.16. The highest BCUT2D eigenvalue weighted by atomic mass is 16.5. The normalized spacial score (nSPS) is 17.8. The lowest BCUT2D eigenvalue weighted by molar-refractivity contribution is -0.125. The number of hydrogen-bond donors (Lipinski definition) is 0. The smallest absolute Gasteiger partial charge is 0.246 e. The summed E-state index contributed by atoms with van der Waals surface area (Å²) < 4.78 is 5.75. The van der Waals surface area contributed by atoms with E-state index in [1.165, 1.54) is 6.33 Å². The minimum absolute atomic E-state index is 0.0102. The quantitative estimate of drug-likeness (QED) is 0.811. The lowest BCUT2D eigenvalue weighted by Crippen LogP contribution is -2.29. The Morgan fingerprint density at radius 2 is 2.14 bits per heavy atom. The molecule has 5 heteroatoms. The molecule has 0 bridgehead atoms. The predicted molar refractivity (Wildman–Crippen MR) is 83.1 cm³/mol. The van der Waals surface area contributed by atoms with Crippen molar-refractivity contribution in [1.82, 2.24) is 14.9 Å². The standard InChI is InChI=1S/C17H17N3O2/c21-17(7-6-14-4-2-1-3-5-14)20-11-9-15(12-20)22-16-8-10-18-13-19-16/h1-8,10,13,15H,9,11-12H2. The van der Waals surface area contributed by atoms with Crippen molar-refractivity contribution in [2.45, 2.75) is 12.5 Å². The summed E-state index contributed by atoms with van der Waals surface area (Å²) >= 11 is 0. The van der Waals surface area contributed by atoms with E-state index in [-0.39, 0.29) is 12.0 Å². The monoisotopic (exact) mass is 295 g/mol. The highest BCUT2D eigenvalue weighted by molar-refractivity contribution is 5.91. The van der Waals surface area contributed by atoms with Crippen LogP contribution in [0.15, 0.2) is 55.0 Å². The minimum atomic E-state index is -0.0102. The van der Waals surface area contributed by atoms with E-state index in [1.54, 1.807) is 23.2 Å². The van der Waals surface area contributed by atoms with E-state index >= 15 is 0 Å². The number of benzene rings is 1. The first kappa shape index (κ1) is 14.3. The summed E-state index contributed by atoms with van der Waals surface area (Å²) in [6, 6.07) is 11.5. The maximum Gasteiger partial charge on any atom is 0.246 e. The van der Waals surface area contributed by atoms with Gasteiger partial charge in [-0.05, 0) is 11.6 Å². The van der Waals surface area contributed by atoms with Gasteiger partial charge in [0.25, 0.3) is 0 Å². The van der Waals surface area contributed by atoms with Crippen LogP contribution in [0.25, 0.3) is 6.08 Å². The third kappa shape index (κ3) is 3.69. The third-order valence-corrected chi connectivity index (χ3v) is 3.52. The van der Waals surface area contributed by atoms with Crippen LogP contribution < -0.4 is 4.74 Å². The molecule has 0 saturated carbocycles. The second kappa shape index (κ2) is 6.85. The van der Waals surface area contributed by atoms with Gasteiger partial charge in [-0.25, -0.2) is 9.97 Å². The summed E-state index contributed by atoms with van der Waals surface area (Å²) in [4.78, 5) is 21.9. The van der Waals surface area contributed by atoms with Gasteiger partial charge in [-0.1, -0.05) is 30.3 Å². The summed E-state index contributed by atoms with van der Waals surface area (Å²) in [5.74, 6) is 0.562. The van der Waals surface area contributed by atoms with Crippen LogP contribution in [0.3, 0.4) is 0 Å². The lowest BCUT2D eigenvalue weighted by atomic mass is 10.2. The molecule has 1 aliphatic rings. The van der Waals surface area contributed by atoms with E-state index in [1.807, 2.05) is 36.4 Å². The molecule has 1 aromatic heterocycles. The van der Waals surface area contributed by atoms with Crippen molar-refractivity contribution in [1.29, 1.82) is 0 Å². The largest absolute Gasteiger partial charge is 0.472 e. The predicted octanol–water partition coefficient (Wildman–Crippen LogP) is 2.17. The van der Waals surface area contributed by atoms with Gasteiger partial charge in [-0.3, -0.25) is 4.79 Å². The number of carbonyl (C=O) groups is 1. The fraction of sp³-hybridized carbons (Fsp3) is 0.235. The zero-order valence-corrected chi connectivity index (χ0v) is 12.1. The van der Waals surface area contributed by atoms with Gasteiger partial charge in [0.05, 0.1) is 6.54 Å². The molecule has 2 aromatic rings. The summed E-state index contributed by atoms with van der Waals surface area (Å²) in [6.07, 6.45) is 7.35. The molecule has 112 valence electrons. The Morgan fingerprint density at radius 3 is 2.91 bits per heavy atom. The van der Waals surface area contributed by atoms with E-state index < -0.39 is 0 Å². The summed E-state index contributed by atoms with van der Waals surface area (Å²) in [6.45, 7) is 1.29. The molecule has 3 rings (SSSR count). The zero-order valence-electron chi connectivity index (χ0n) is 12.1. The number of likely N-dealkylation sites (tertiary alicyclic amines) is 1. The van der Waals surface area contributed by atoms with E-state index in [4.69, 9.17) is 4.74 Å². The maximum atomic E-state index is 12.2. The molecule has 1 fully saturated rings. The molecular weight excluding hydrogens is 278 g/mol. The number of hydrogen-bond acceptors (Lipinski definition) is 4. The number of carbonyl (C=O) groups excluding carboxylic acids is 1. The van der Waals surface area contributed by atoms with Gasteiger partial charge < -0.3 is 9.64 Å². The maximum absolute atomic E-state index is 12.2. The van der Waals surface area contributed by atoms with Crippen LogP contribution in [0.2, 0.25) is 0 Å². The third-order valence-electron chi connectivity index (χ3n) is 3.52. The van der Waals surface area contributed by atoms with Gasteiger partial charge in [0.15, 0.2) is 0 Å². The molecule has 22 heavy (non-hydrogen) atoms. The van der Waals surface area contributed by atoms with E-state index in [2.05, 4.69) is 9.97 Å². The molecule has 1 aliphatic heterocycles. The van der Waals surface area contributed by atoms with Crippen LogP contribution >= 0.6 is 0 Å². The van der Waals surface area contributed by atoms with Gasteiger partial charge >= 0.3 is 0 Å². The molecule has 0 N–H and O–H groups in total. The number of amides is 1. The molecule has 0 aliphatic carbocycles. The van der Waals surface area contributed by atoms with Gasteiger partial charge in [-0.2, -0.15) is 0 Å². The Bertz CT molecular complexity index is 643. The summed E-state index contributed by atoms with van der Waals surface area (Å²) in [5, 5.41) is 0. The molecule has 1 amide bonds. The van der Waals surface area contributed by atoms with Gasteiger partial charge in [0, 0.05) is 31.3 Å². The molecule has 1 atom stereocenters. The van der Waals surface area contributed by atoms with Crippen molar-refractivity contribution in [2.24, 2.45) is 0 Å². The first-order chi connectivity index (χ1) is 10.8. The number of rotatable bonds is 4. The van der Waals surface area contributed by atoms with Gasteiger partial charge in [-0.15, -0.1) is 0 Å². The van der Waals surface area contributed by atoms with Crippen molar-refractivity contribution < 1.29 is 9.53 Å². The molecule has 0 spiro atoms. The van der Waals surface area contributed by atoms with Crippen LogP contribution in [-0.2, 0) is 4.79 Å². The number of ether oxygens (including phenoxy) is 1. The first-order valence-corrected chi connectivity index (χ1v) is 7.26. The Hall–Kier alpha value is -2.69. The van der Waals surface area contributed by atoms with E-state index in [0.29, 0.717) is 19.0 Å². The minimum Gasteiger partial charge on any atom is -0.472 e. The van der Waals surface area contributed by atoms with Crippen LogP contribution in [0, 0.1) is 0 Å². The van der Waals surface area contributed by atoms with Crippen LogP contribution in [-0.4, -0.2) is 40.0 Å². The second-order valence-corrected chi connectivity index (χ2v) is 5.10. The van der Waals surface area contributed by atoms with Crippen molar-refractivity contribution >= 4 is 12.0 Å². The fourth-order valence-corrected chi connectivity index (χ4v) is 2.38. The van der Waals surface area contributed by atoms with Crippen molar-refractivity contribution in [3.05, 3.63) is 60.6 Å². The van der Waals surface area contributed by atoms with Crippen LogP contribution in [0.4, 0.5) is 0 Å². The topological polar surface area (TPSA) is 55.3 Å². The molecule has 5 nitrogen and oxygen atoms in total. The average Bonchev–Trinajstić information content (AvgIpc) is 3.03. The van der Waals surface area contributed by atoms with Crippen LogP contribution in [0.5, 0.6) is 5.88 Å². The Kier molecular flexibility index (Phi) is 4.44. The van der Waals surface area contributed by atoms with Gasteiger partial charge in [0.2, 0.25) is 11.8 Å². The number of aromatic nitrogens is 2. The lowest BCUT2D eigenvalue weighted by Gasteiger charge is -2.15. The van der Waals surface area contributed by atoms with E-state index in [0.717, 1.165) is 12.0 Å². The summed E-state index contributed by atoms with van der Waals surface area (Å²) in [5.41, 5.74) is 1.02. The highest BCUT2D eigenvalue weighted by Gasteiger charge is 2.26. The van der Waals surface area contributed by atoms with E-state index in [9.17, 15) is 4.79 Å². The molecule has 1 saturated heterocycles. The SMILES string of the molecule is O=C(C=Cc1ccccc1)N1CCC(Oc2ccncn2)C1. The van der Waals surface area contributed by atoms with Crippen LogP contribution in [0.1, 0.15) is 12.0 Å². The first-order valence-electron chi connectivity index (χ1n) is 7.26. The molecule has 1 aromatic carbocycles. The zero-order chi connectivity index (χ0) is 15.2. The van der Waals surface area contributed by atoms with Crippen molar-refractivity contribution in [3.63, 3.8) is 0 Å². The Balaban J connectivity index is 1.54. The fourth-order valence-electron chi connectivity index (χ4n) is 2.38. The Labute approximate surface area is 129 Å². The summed E-state index contributed by atoms with van der Waals surface area (Å²) in [7, 11) is 0. The molecule has 2 heterocycles.